The monoisotopic (exact) mass is 630 g/mol. The van der Waals surface area contributed by atoms with Crippen molar-refractivity contribution in [3.63, 3.8) is 0 Å². The van der Waals surface area contributed by atoms with Gasteiger partial charge in [0.25, 0.3) is 10.0 Å². The van der Waals surface area contributed by atoms with Crippen molar-refractivity contribution in [3.8, 4) is 11.5 Å². The lowest BCUT2D eigenvalue weighted by molar-refractivity contribution is -0.119. The molecular formula is C36H42N2O6S. The number of hydrogen-bond donors (Lipinski definition) is 2. The molecule has 238 valence electrons. The SMILES string of the molecule is COc1cc([C@@H](O)[C@@H](CC2Cc3ccccc3C2)Cn2ccc(CCC(=O)NS(=O)(=O)c3ccc(C)cc3)c2)cc(OC)c1C. The topological polar surface area (TPSA) is 107 Å². The van der Waals surface area contributed by atoms with Crippen molar-refractivity contribution in [2.24, 2.45) is 11.8 Å². The van der Waals surface area contributed by atoms with Crippen LogP contribution in [0.25, 0.3) is 0 Å². The highest BCUT2D eigenvalue weighted by Gasteiger charge is 2.30. The number of ether oxygens (including phenoxy) is 2. The van der Waals surface area contributed by atoms with Gasteiger partial charge in [-0.05, 0) is 98.0 Å². The fourth-order valence-electron chi connectivity index (χ4n) is 6.36. The van der Waals surface area contributed by atoms with Gasteiger partial charge in [-0.15, -0.1) is 0 Å². The highest BCUT2D eigenvalue weighted by molar-refractivity contribution is 7.90. The summed E-state index contributed by atoms with van der Waals surface area (Å²) >= 11 is 0. The van der Waals surface area contributed by atoms with Gasteiger partial charge in [0.05, 0.1) is 25.2 Å². The molecule has 0 aliphatic heterocycles. The maximum absolute atomic E-state index is 12.6. The molecule has 2 N–H and O–H groups in total. The van der Waals surface area contributed by atoms with E-state index in [4.69, 9.17) is 9.47 Å². The Morgan fingerprint density at radius 3 is 2.20 bits per heavy atom. The summed E-state index contributed by atoms with van der Waals surface area (Å²) in [5.74, 6) is 1.08. The van der Waals surface area contributed by atoms with E-state index in [-0.39, 0.29) is 17.2 Å². The zero-order chi connectivity index (χ0) is 32.1. The number of sulfonamides is 1. The highest BCUT2D eigenvalue weighted by Crippen LogP contribution is 2.39. The van der Waals surface area contributed by atoms with Crippen molar-refractivity contribution < 1.29 is 27.8 Å². The first-order valence-corrected chi connectivity index (χ1v) is 16.8. The predicted octanol–water partition coefficient (Wildman–Crippen LogP) is 5.71. The van der Waals surface area contributed by atoms with Crippen LogP contribution in [0.5, 0.6) is 11.5 Å². The van der Waals surface area contributed by atoms with Crippen LogP contribution in [0.2, 0.25) is 0 Å². The Bertz CT molecular complexity index is 1700. The molecule has 3 aromatic carbocycles. The number of aliphatic hydroxyl groups is 1. The average molecular weight is 631 g/mol. The van der Waals surface area contributed by atoms with Crippen molar-refractivity contribution in [3.05, 3.63) is 113 Å². The molecule has 4 aromatic rings. The molecule has 0 saturated carbocycles. The minimum absolute atomic E-state index is 0.0322. The van der Waals surface area contributed by atoms with Crippen molar-refractivity contribution in [2.75, 3.05) is 14.2 Å². The fourth-order valence-corrected chi connectivity index (χ4v) is 7.37. The van der Waals surface area contributed by atoms with Crippen LogP contribution in [0.15, 0.2) is 84.0 Å². The number of aryl methyl sites for hydroxylation is 2. The number of hydrogen-bond acceptors (Lipinski definition) is 6. The van der Waals surface area contributed by atoms with E-state index in [1.807, 2.05) is 44.4 Å². The maximum Gasteiger partial charge on any atom is 0.264 e. The fraction of sp³-hybridized carbons (Fsp3) is 0.361. The summed E-state index contributed by atoms with van der Waals surface area (Å²) < 4.78 is 40.6. The van der Waals surface area contributed by atoms with E-state index in [1.54, 1.807) is 26.4 Å². The Morgan fingerprint density at radius 2 is 1.60 bits per heavy atom. The number of aliphatic hydroxyl groups excluding tert-OH is 1. The van der Waals surface area contributed by atoms with Crippen LogP contribution in [-0.4, -0.2) is 38.2 Å². The summed E-state index contributed by atoms with van der Waals surface area (Å²) in [7, 11) is -0.690. The molecule has 1 aromatic heterocycles. The van der Waals surface area contributed by atoms with Crippen LogP contribution < -0.4 is 14.2 Å². The molecule has 0 bridgehead atoms. The summed E-state index contributed by atoms with van der Waals surface area (Å²) in [6.07, 6.45) is 6.37. The summed E-state index contributed by atoms with van der Waals surface area (Å²) in [6, 6.07) is 20.6. The van der Waals surface area contributed by atoms with E-state index in [1.165, 1.54) is 23.3 Å². The normalized spacial score (nSPS) is 14.5. The first kappa shape index (κ1) is 32.3. The molecule has 45 heavy (non-hydrogen) atoms. The number of nitrogens with one attached hydrogen (secondary N) is 1. The lowest BCUT2D eigenvalue weighted by Crippen LogP contribution is -2.30. The second kappa shape index (κ2) is 13.9. The first-order chi connectivity index (χ1) is 21.6. The van der Waals surface area contributed by atoms with E-state index < -0.39 is 22.0 Å². The van der Waals surface area contributed by atoms with Crippen LogP contribution in [0.3, 0.4) is 0 Å². The van der Waals surface area contributed by atoms with Crippen molar-refractivity contribution in [1.29, 1.82) is 0 Å². The number of nitrogens with zero attached hydrogens (tertiary/aromatic N) is 1. The van der Waals surface area contributed by atoms with E-state index in [2.05, 4.69) is 33.6 Å². The number of carbonyl (C=O) groups excluding carboxylic acids is 1. The van der Waals surface area contributed by atoms with Crippen LogP contribution in [0.1, 0.15) is 52.3 Å². The van der Waals surface area contributed by atoms with Gasteiger partial charge in [0.1, 0.15) is 11.5 Å². The van der Waals surface area contributed by atoms with Crippen LogP contribution in [0.4, 0.5) is 0 Å². The molecule has 9 heteroatoms. The smallest absolute Gasteiger partial charge is 0.264 e. The van der Waals surface area contributed by atoms with Gasteiger partial charge >= 0.3 is 0 Å². The Morgan fingerprint density at radius 1 is 0.978 bits per heavy atom. The first-order valence-electron chi connectivity index (χ1n) is 15.3. The third-order valence-corrected chi connectivity index (χ3v) is 10.2. The zero-order valence-corrected chi connectivity index (χ0v) is 27.1. The Labute approximate surface area is 266 Å². The summed E-state index contributed by atoms with van der Waals surface area (Å²) in [5.41, 5.74) is 6.23. The van der Waals surface area contributed by atoms with Gasteiger partial charge in [0.15, 0.2) is 0 Å². The van der Waals surface area contributed by atoms with E-state index in [0.717, 1.165) is 41.5 Å². The molecule has 2 atom stereocenters. The van der Waals surface area contributed by atoms with Gasteiger partial charge < -0.3 is 19.1 Å². The molecule has 1 aliphatic rings. The Kier molecular flexibility index (Phi) is 9.99. The number of rotatable bonds is 13. The molecule has 1 heterocycles. The quantitative estimate of drug-likeness (QED) is 0.196. The van der Waals surface area contributed by atoms with Crippen LogP contribution in [0, 0.1) is 25.7 Å². The highest BCUT2D eigenvalue weighted by atomic mass is 32.2. The molecule has 0 spiro atoms. The second-order valence-electron chi connectivity index (χ2n) is 12.1. The lowest BCUT2D eigenvalue weighted by Gasteiger charge is -2.27. The molecule has 0 radical (unpaired) electrons. The summed E-state index contributed by atoms with van der Waals surface area (Å²) in [6.45, 7) is 4.37. The van der Waals surface area contributed by atoms with E-state index >= 15 is 0 Å². The Hall–Kier alpha value is -4.08. The molecule has 0 unspecified atom stereocenters. The van der Waals surface area contributed by atoms with Crippen molar-refractivity contribution in [2.45, 2.75) is 63.5 Å². The molecule has 5 rings (SSSR count). The van der Waals surface area contributed by atoms with Gasteiger partial charge in [0.2, 0.25) is 5.91 Å². The lowest BCUT2D eigenvalue weighted by atomic mass is 9.85. The summed E-state index contributed by atoms with van der Waals surface area (Å²) in [4.78, 5) is 12.6. The number of benzene rings is 3. The number of fused-ring (bicyclic) bond motifs is 1. The van der Waals surface area contributed by atoms with Gasteiger partial charge in [0, 0.05) is 36.8 Å². The average Bonchev–Trinajstić information content (AvgIpc) is 3.65. The second-order valence-corrected chi connectivity index (χ2v) is 13.8. The standard InChI is InChI=1S/C36H42N2O6S/c1-24-9-12-32(13-10-24)45(41,42)37-35(39)14-11-26-15-16-38(22-26)23-31(19-27-17-28-7-5-6-8-29(28)18-27)36(40)30-20-33(43-3)25(2)34(21-30)44-4/h5-10,12-13,15-16,20-22,27,31,36,40H,11,14,17-19,23H2,1-4H3,(H,37,39)/t31-,36+/m0/s1. The summed E-state index contributed by atoms with van der Waals surface area (Å²) in [5, 5.41) is 11.8. The van der Waals surface area contributed by atoms with Gasteiger partial charge in [-0.2, -0.15) is 0 Å². The zero-order valence-electron chi connectivity index (χ0n) is 26.3. The maximum atomic E-state index is 12.6. The van der Waals surface area contributed by atoms with Gasteiger partial charge in [-0.1, -0.05) is 42.0 Å². The van der Waals surface area contributed by atoms with E-state index in [9.17, 15) is 18.3 Å². The minimum Gasteiger partial charge on any atom is -0.496 e. The van der Waals surface area contributed by atoms with E-state index in [0.29, 0.717) is 30.4 Å². The molecule has 0 fully saturated rings. The van der Waals surface area contributed by atoms with Crippen LogP contribution in [-0.2, 0) is 40.6 Å². The molecule has 0 saturated heterocycles. The largest absolute Gasteiger partial charge is 0.496 e. The number of amides is 1. The van der Waals surface area contributed by atoms with Gasteiger partial charge in [-0.25, -0.2) is 13.1 Å². The molecule has 8 nitrogen and oxygen atoms in total. The molecule has 1 amide bonds. The van der Waals surface area contributed by atoms with Crippen molar-refractivity contribution in [1.82, 2.24) is 9.29 Å². The molecule has 1 aliphatic carbocycles. The van der Waals surface area contributed by atoms with Gasteiger partial charge in [-0.3, -0.25) is 4.79 Å². The minimum atomic E-state index is -3.92. The van der Waals surface area contributed by atoms with Crippen molar-refractivity contribution >= 4 is 15.9 Å². The third-order valence-electron chi connectivity index (χ3n) is 8.81. The van der Waals surface area contributed by atoms with Crippen LogP contribution >= 0.6 is 0 Å². The predicted molar refractivity (Wildman–Crippen MR) is 174 cm³/mol. The number of methoxy groups -OCH3 is 2. The number of carbonyl (C=O) groups is 1. The Balaban J connectivity index is 1.28. The third kappa shape index (κ3) is 7.78. The molecular weight excluding hydrogens is 588 g/mol. The number of aromatic nitrogens is 1.